The molecule has 6 heteroatoms. The number of benzene rings is 2. The Morgan fingerprint density at radius 3 is 2.15 bits per heavy atom. The summed E-state index contributed by atoms with van der Waals surface area (Å²) in [5.41, 5.74) is 5.46. The second kappa shape index (κ2) is 7.86. The van der Waals surface area contributed by atoms with Crippen LogP contribution >= 0.6 is 0 Å². The predicted octanol–water partition coefficient (Wildman–Crippen LogP) is 4.68. The molecule has 138 valence electrons. The lowest BCUT2D eigenvalue weighted by Crippen LogP contribution is -2.03. The number of esters is 1. The van der Waals surface area contributed by atoms with Crippen LogP contribution in [0.2, 0.25) is 0 Å². The van der Waals surface area contributed by atoms with Gasteiger partial charge in [-0.15, -0.1) is 0 Å². The number of rotatable bonds is 5. The Bertz CT molecular complexity index is 948. The largest absolute Gasteiger partial charge is 0.465 e. The van der Waals surface area contributed by atoms with Crippen molar-refractivity contribution in [2.24, 2.45) is 0 Å². The smallest absolute Gasteiger partial charge is 0.337 e. The zero-order chi connectivity index (χ0) is 19.4. The molecular weight excluding hydrogens is 340 g/mol. The van der Waals surface area contributed by atoms with Crippen molar-refractivity contribution in [3.63, 3.8) is 0 Å². The molecule has 0 radical (unpaired) electrons. The lowest BCUT2D eigenvalue weighted by molar-refractivity contribution is 0.0601. The maximum atomic E-state index is 11.5. The zero-order valence-electron chi connectivity index (χ0n) is 15.8. The predicted molar refractivity (Wildman–Crippen MR) is 107 cm³/mol. The highest BCUT2D eigenvalue weighted by Gasteiger charge is 2.07. The molecular formula is C21H22N4O2. The molecule has 3 aromatic rings. The highest BCUT2D eigenvalue weighted by atomic mass is 16.5. The number of aromatic nitrogens is 2. The molecule has 0 spiro atoms. The molecule has 0 saturated heterocycles. The summed E-state index contributed by atoms with van der Waals surface area (Å²) in [4.78, 5) is 20.5. The zero-order valence-corrected chi connectivity index (χ0v) is 15.8. The van der Waals surface area contributed by atoms with E-state index in [0.29, 0.717) is 17.3 Å². The van der Waals surface area contributed by atoms with E-state index in [-0.39, 0.29) is 5.97 Å². The van der Waals surface area contributed by atoms with Gasteiger partial charge in [0.15, 0.2) is 0 Å². The van der Waals surface area contributed by atoms with Gasteiger partial charge in [-0.3, -0.25) is 0 Å². The number of carbonyl (C=O) groups is 1. The molecule has 0 aliphatic carbocycles. The summed E-state index contributed by atoms with van der Waals surface area (Å²) in [6.45, 7) is 6.03. The second-order valence-electron chi connectivity index (χ2n) is 6.41. The third kappa shape index (κ3) is 4.82. The van der Waals surface area contributed by atoms with Crippen LogP contribution in [0.15, 0.2) is 48.5 Å². The minimum Gasteiger partial charge on any atom is -0.465 e. The van der Waals surface area contributed by atoms with E-state index in [2.05, 4.69) is 52.6 Å². The number of hydrogen-bond donors (Lipinski definition) is 2. The molecule has 6 nitrogen and oxygen atoms in total. The van der Waals surface area contributed by atoms with Gasteiger partial charge in [-0.05, 0) is 68.3 Å². The summed E-state index contributed by atoms with van der Waals surface area (Å²) >= 11 is 0. The quantitative estimate of drug-likeness (QED) is 0.642. The van der Waals surface area contributed by atoms with E-state index in [1.54, 1.807) is 24.3 Å². The summed E-state index contributed by atoms with van der Waals surface area (Å²) < 4.78 is 4.71. The van der Waals surface area contributed by atoms with Crippen LogP contribution < -0.4 is 10.6 Å². The number of hydrogen-bond acceptors (Lipinski definition) is 6. The fraction of sp³-hybridized carbons (Fsp3) is 0.190. The first-order chi connectivity index (χ1) is 12.9. The third-order valence-electron chi connectivity index (χ3n) is 3.91. The van der Waals surface area contributed by atoms with E-state index in [0.717, 1.165) is 17.1 Å². The van der Waals surface area contributed by atoms with Crippen LogP contribution in [0.25, 0.3) is 0 Å². The topological polar surface area (TPSA) is 76.1 Å². The Morgan fingerprint density at radius 1 is 0.852 bits per heavy atom. The Hall–Kier alpha value is -3.41. The van der Waals surface area contributed by atoms with E-state index in [9.17, 15) is 4.79 Å². The van der Waals surface area contributed by atoms with E-state index < -0.39 is 0 Å². The van der Waals surface area contributed by atoms with E-state index in [1.807, 2.05) is 13.0 Å². The lowest BCUT2D eigenvalue weighted by atomic mass is 10.1. The minimum atomic E-state index is -0.362. The van der Waals surface area contributed by atoms with Crippen LogP contribution in [0.5, 0.6) is 0 Å². The molecule has 0 aliphatic heterocycles. The Morgan fingerprint density at radius 2 is 1.52 bits per heavy atom. The third-order valence-corrected chi connectivity index (χ3v) is 3.91. The van der Waals surface area contributed by atoms with Crippen molar-refractivity contribution < 1.29 is 9.53 Å². The van der Waals surface area contributed by atoms with Gasteiger partial charge in [-0.2, -0.15) is 4.98 Å². The fourth-order valence-corrected chi connectivity index (χ4v) is 2.82. The van der Waals surface area contributed by atoms with E-state index in [4.69, 9.17) is 4.74 Å². The summed E-state index contributed by atoms with van der Waals surface area (Å²) in [7, 11) is 1.36. The van der Waals surface area contributed by atoms with Crippen molar-refractivity contribution in [2.45, 2.75) is 20.8 Å². The first-order valence-corrected chi connectivity index (χ1v) is 8.59. The maximum Gasteiger partial charge on any atom is 0.337 e. The van der Waals surface area contributed by atoms with E-state index in [1.165, 1.54) is 18.2 Å². The standard InChI is InChI=1S/C21H22N4O2/c1-13-9-14(2)11-18(10-13)24-21-22-15(3)12-19(25-21)23-17-7-5-16(6-8-17)20(26)27-4/h5-12H,1-4H3,(H2,22,23,24,25). The van der Waals surface area contributed by atoms with Crippen LogP contribution in [-0.2, 0) is 4.74 Å². The number of nitrogens with one attached hydrogen (secondary N) is 2. The number of carbonyl (C=O) groups excluding carboxylic acids is 1. The monoisotopic (exact) mass is 362 g/mol. The molecule has 3 rings (SSSR count). The van der Waals surface area contributed by atoms with Crippen molar-refractivity contribution in [3.05, 3.63) is 70.9 Å². The van der Waals surface area contributed by atoms with Gasteiger partial charge in [0.25, 0.3) is 0 Å². The molecule has 0 unspecified atom stereocenters. The Kier molecular flexibility index (Phi) is 5.35. The SMILES string of the molecule is COC(=O)c1ccc(Nc2cc(C)nc(Nc3cc(C)cc(C)c3)n2)cc1. The molecule has 2 aromatic carbocycles. The Balaban J connectivity index is 1.79. The van der Waals surface area contributed by atoms with Gasteiger partial charge in [0, 0.05) is 23.1 Å². The molecule has 0 atom stereocenters. The summed E-state index contributed by atoms with van der Waals surface area (Å²) in [5, 5.41) is 6.50. The molecule has 0 fully saturated rings. The molecule has 27 heavy (non-hydrogen) atoms. The highest BCUT2D eigenvalue weighted by Crippen LogP contribution is 2.21. The van der Waals surface area contributed by atoms with Crippen LogP contribution in [0, 0.1) is 20.8 Å². The van der Waals surface area contributed by atoms with Crippen molar-refractivity contribution in [3.8, 4) is 0 Å². The average Bonchev–Trinajstić information content (AvgIpc) is 2.60. The highest BCUT2D eigenvalue weighted by molar-refractivity contribution is 5.89. The normalized spacial score (nSPS) is 10.4. The van der Waals surface area contributed by atoms with Crippen LogP contribution in [0.4, 0.5) is 23.1 Å². The second-order valence-corrected chi connectivity index (χ2v) is 6.41. The Labute approximate surface area is 158 Å². The molecule has 0 aliphatic rings. The van der Waals surface area contributed by atoms with Gasteiger partial charge in [0.1, 0.15) is 5.82 Å². The van der Waals surface area contributed by atoms with Gasteiger partial charge < -0.3 is 15.4 Å². The minimum absolute atomic E-state index is 0.362. The first-order valence-electron chi connectivity index (χ1n) is 8.59. The molecule has 0 amide bonds. The van der Waals surface area contributed by atoms with Gasteiger partial charge >= 0.3 is 5.97 Å². The maximum absolute atomic E-state index is 11.5. The van der Waals surface area contributed by atoms with Crippen LogP contribution in [-0.4, -0.2) is 23.0 Å². The lowest BCUT2D eigenvalue weighted by Gasteiger charge is -2.11. The number of nitrogens with zero attached hydrogens (tertiary/aromatic N) is 2. The van der Waals surface area contributed by atoms with Crippen molar-refractivity contribution in [2.75, 3.05) is 17.7 Å². The fourth-order valence-electron chi connectivity index (χ4n) is 2.82. The average molecular weight is 362 g/mol. The van der Waals surface area contributed by atoms with Gasteiger partial charge in [-0.25, -0.2) is 9.78 Å². The number of ether oxygens (including phenoxy) is 1. The molecule has 2 N–H and O–H groups in total. The summed E-state index contributed by atoms with van der Waals surface area (Å²) in [6, 6.07) is 15.1. The molecule has 0 saturated carbocycles. The molecule has 1 heterocycles. The van der Waals surface area contributed by atoms with Gasteiger partial charge in [-0.1, -0.05) is 6.07 Å². The van der Waals surface area contributed by atoms with Gasteiger partial charge in [0.05, 0.1) is 12.7 Å². The van der Waals surface area contributed by atoms with Gasteiger partial charge in [0.2, 0.25) is 5.95 Å². The number of methoxy groups -OCH3 is 1. The number of anilines is 4. The molecule has 0 bridgehead atoms. The summed E-state index contributed by atoms with van der Waals surface area (Å²) in [6.07, 6.45) is 0. The van der Waals surface area contributed by atoms with Crippen molar-refractivity contribution in [1.29, 1.82) is 0 Å². The van der Waals surface area contributed by atoms with E-state index >= 15 is 0 Å². The van der Waals surface area contributed by atoms with Crippen LogP contribution in [0.1, 0.15) is 27.2 Å². The van der Waals surface area contributed by atoms with Crippen LogP contribution in [0.3, 0.4) is 0 Å². The summed E-state index contributed by atoms with van der Waals surface area (Å²) in [5.74, 6) is 0.827. The number of aryl methyl sites for hydroxylation is 3. The first kappa shape index (κ1) is 18.4. The van der Waals surface area contributed by atoms with Crippen molar-refractivity contribution in [1.82, 2.24) is 9.97 Å². The molecule has 1 aromatic heterocycles. The van der Waals surface area contributed by atoms with Crippen molar-refractivity contribution >= 4 is 29.1 Å².